The van der Waals surface area contributed by atoms with Gasteiger partial charge in [-0.3, -0.25) is 4.79 Å². The highest BCUT2D eigenvalue weighted by molar-refractivity contribution is 5.92. The lowest BCUT2D eigenvalue weighted by molar-refractivity contribution is 0.0921. The molecular formula is C14H21N3O2. The molecule has 1 N–H and O–H groups in total. The predicted molar refractivity (Wildman–Crippen MR) is 71.0 cm³/mol. The van der Waals surface area contributed by atoms with E-state index in [1.165, 1.54) is 0 Å². The largest absolute Gasteiger partial charge is 0.360 e. The van der Waals surface area contributed by atoms with Gasteiger partial charge >= 0.3 is 0 Å². The van der Waals surface area contributed by atoms with Gasteiger partial charge in [-0.25, -0.2) is 0 Å². The molecule has 0 aromatic carbocycles. The van der Waals surface area contributed by atoms with E-state index in [1.807, 2.05) is 0 Å². The fourth-order valence-electron chi connectivity index (χ4n) is 2.86. The second kappa shape index (κ2) is 4.96. The Kier molecular flexibility index (Phi) is 3.31. The van der Waals surface area contributed by atoms with Gasteiger partial charge in [-0.05, 0) is 25.8 Å². The molecule has 1 saturated heterocycles. The molecule has 2 atom stereocenters. The minimum absolute atomic E-state index is 0.102. The Labute approximate surface area is 113 Å². The maximum absolute atomic E-state index is 12.2. The van der Waals surface area contributed by atoms with Gasteiger partial charge in [-0.1, -0.05) is 18.5 Å². The number of amides is 1. The van der Waals surface area contributed by atoms with E-state index in [-0.39, 0.29) is 11.9 Å². The average Bonchev–Trinajstić information content (AvgIpc) is 3.00. The molecule has 5 heteroatoms. The van der Waals surface area contributed by atoms with Crippen LogP contribution in [0.4, 0.5) is 0 Å². The number of aromatic nitrogens is 1. The molecule has 1 aliphatic carbocycles. The van der Waals surface area contributed by atoms with Crippen LogP contribution >= 0.6 is 0 Å². The van der Waals surface area contributed by atoms with Crippen LogP contribution in [-0.4, -0.2) is 42.1 Å². The zero-order valence-electron chi connectivity index (χ0n) is 11.6. The standard InChI is InChI=1S/C14H21N3O2/c1-3-9-7-17(2)8-12(9)15-14(18)11-6-13(19-16-11)10-4-5-10/h6,9-10,12H,3-5,7-8H2,1-2H3,(H,15,18). The van der Waals surface area contributed by atoms with Crippen LogP contribution in [0.25, 0.3) is 0 Å². The number of likely N-dealkylation sites (tertiary alicyclic amines) is 1. The van der Waals surface area contributed by atoms with Gasteiger partial charge in [0.25, 0.3) is 5.91 Å². The molecule has 104 valence electrons. The lowest BCUT2D eigenvalue weighted by Crippen LogP contribution is -2.40. The van der Waals surface area contributed by atoms with Gasteiger partial charge in [0.1, 0.15) is 5.76 Å². The Balaban J connectivity index is 1.63. The molecule has 1 aromatic rings. The maximum Gasteiger partial charge on any atom is 0.273 e. The summed E-state index contributed by atoms with van der Waals surface area (Å²) in [5.41, 5.74) is 0.423. The first-order valence-corrected chi connectivity index (χ1v) is 7.13. The van der Waals surface area contributed by atoms with Crippen molar-refractivity contribution in [3.63, 3.8) is 0 Å². The number of carbonyl (C=O) groups excluding carboxylic acids is 1. The summed E-state index contributed by atoms with van der Waals surface area (Å²) in [6.07, 6.45) is 3.39. The SMILES string of the molecule is CCC1CN(C)CC1NC(=O)c1cc(C2CC2)on1. The van der Waals surface area contributed by atoms with E-state index in [0.717, 1.165) is 38.1 Å². The molecule has 1 aliphatic heterocycles. The number of nitrogens with one attached hydrogen (secondary N) is 1. The van der Waals surface area contributed by atoms with Gasteiger partial charge in [0.15, 0.2) is 5.69 Å². The summed E-state index contributed by atoms with van der Waals surface area (Å²) in [4.78, 5) is 14.4. The molecule has 3 rings (SSSR count). The summed E-state index contributed by atoms with van der Waals surface area (Å²) in [5.74, 6) is 1.79. The maximum atomic E-state index is 12.2. The molecule has 0 bridgehead atoms. The summed E-state index contributed by atoms with van der Waals surface area (Å²) >= 11 is 0. The fourth-order valence-corrected chi connectivity index (χ4v) is 2.86. The molecule has 1 saturated carbocycles. The van der Waals surface area contributed by atoms with Crippen molar-refractivity contribution in [2.75, 3.05) is 20.1 Å². The first kappa shape index (κ1) is 12.7. The van der Waals surface area contributed by atoms with Crippen molar-refractivity contribution in [1.82, 2.24) is 15.4 Å². The normalized spacial score (nSPS) is 27.7. The lowest BCUT2D eigenvalue weighted by atomic mass is 10.0. The van der Waals surface area contributed by atoms with Crippen molar-refractivity contribution in [2.24, 2.45) is 5.92 Å². The number of likely N-dealkylation sites (N-methyl/N-ethyl adjacent to an activating group) is 1. The van der Waals surface area contributed by atoms with Gasteiger partial charge < -0.3 is 14.7 Å². The third-order valence-electron chi connectivity index (χ3n) is 4.21. The Hall–Kier alpha value is -1.36. The Morgan fingerprint density at radius 3 is 3.00 bits per heavy atom. The third-order valence-corrected chi connectivity index (χ3v) is 4.21. The molecule has 2 aliphatic rings. The van der Waals surface area contributed by atoms with Gasteiger partial charge in [0.2, 0.25) is 0 Å². The molecule has 2 heterocycles. The molecule has 1 aromatic heterocycles. The van der Waals surface area contributed by atoms with Crippen molar-refractivity contribution in [3.8, 4) is 0 Å². The molecule has 19 heavy (non-hydrogen) atoms. The van der Waals surface area contributed by atoms with Crippen LogP contribution in [-0.2, 0) is 0 Å². The summed E-state index contributed by atoms with van der Waals surface area (Å²) in [6, 6.07) is 2.02. The molecule has 2 unspecified atom stereocenters. The topological polar surface area (TPSA) is 58.4 Å². The van der Waals surface area contributed by atoms with Crippen molar-refractivity contribution >= 4 is 5.91 Å². The van der Waals surface area contributed by atoms with Gasteiger partial charge in [-0.15, -0.1) is 0 Å². The van der Waals surface area contributed by atoms with Crippen LogP contribution in [0.15, 0.2) is 10.6 Å². The Morgan fingerprint density at radius 2 is 2.32 bits per heavy atom. The van der Waals surface area contributed by atoms with Gasteiger partial charge in [0.05, 0.1) is 0 Å². The minimum atomic E-state index is -0.102. The van der Waals surface area contributed by atoms with Gasteiger partial charge in [0, 0.05) is 31.1 Å². The second-order valence-corrected chi connectivity index (χ2v) is 5.86. The van der Waals surface area contributed by atoms with Crippen molar-refractivity contribution in [1.29, 1.82) is 0 Å². The van der Waals surface area contributed by atoms with Crippen LogP contribution < -0.4 is 5.32 Å². The molecule has 0 spiro atoms. The van der Waals surface area contributed by atoms with Crippen LogP contribution in [0, 0.1) is 5.92 Å². The van der Waals surface area contributed by atoms with Gasteiger partial charge in [-0.2, -0.15) is 0 Å². The van der Waals surface area contributed by atoms with E-state index in [4.69, 9.17) is 4.52 Å². The molecule has 1 amide bonds. The molecule has 0 radical (unpaired) electrons. The first-order valence-electron chi connectivity index (χ1n) is 7.13. The number of hydrogen-bond acceptors (Lipinski definition) is 4. The third kappa shape index (κ3) is 2.66. The van der Waals surface area contributed by atoms with Crippen LogP contribution in [0.1, 0.15) is 48.4 Å². The monoisotopic (exact) mass is 263 g/mol. The van der Waals surface area contributed by atoms with E-state index < -0.39 is 0 Å². The van der Waals surface area contributed by atoms with Crippen molar-refractivity contribution in [2.45, 2.75) is 38.1 Å². The summed E-state index contributed by atoms with van der Waals surface area (Å²) in [5, 5.41) is 6.98. The fraction of sp³-hybridized carbons (Fsp3) is 0.714. The highest BCUT2D eigenvalue weighted by Crippen LogP contribution is 2.40. The average molecular weight is 263 g/mol. The van der Waals surface area contributed by atoms with E-state index in [9.17, 15) is 4.79 Å². The molecule has 2 fully saturated rings. The number of carbonyl (C=O) groups is 1. The zero-order chi connectivity index (χ0) is 13.4. The Morgan fingerprint density at radius 1 is 1.53 bits per heavy atom. The highest BCUT2D eigenvalue weighted by atomic mass is 16.5. The first-order chi connectivity index (χ1) is 9.17. The van der Waals surface area contributed by atoms with Crippen LogP contribution in [0.5, 0.6) is 0 Å². The zero-order valence-corrected chi connectivity index (χ0v) is 11.6. The molecular weight excluding hydrogens is 242 g/mol. The minimum Gasteiger partial charge on any atom is -0.360 e. The highest BCUT2D eigenvalue weighted by Gasteiger charge is 2.32. The van der Waals surface area contributed by atoms with Crippen molar-refractivity contribution in [3.05, 3.63) is 17.5 Å². The number of nitrogens with zero attached hydrogens (tertiary/aromatic N) is 2. The molecule has 5 nitrogen and oxygen atoms in total. The summed E-state index contributed by atoms with van der Waals surface area (Å²) in [6.45, 7) is 4.13. The lowest BCUT2D eigenvalue weighted by Gasteiger charge is -2.17. The van der Waals surface area contributed by atoms with Crippen molar-refractivity contribution < 1.29 is 9.32 Å². The van der Waals surface area contributed by atoms with E-state index in [2.05, 4.69) is 29.3 Å². The summed E-state index contributed by atoms with van der Waals surface area (Å²) in [7, 11) is 2.09. The van der Waals surface area contributed by atoms with Crippen LogP contribution in [0.3, 0.4) is 0 Å². The second-order valence-electron chi connectivity index (χ2n) is 5.86. The van der Waals surface area contributed by atoms with E-state index in [0.29, 0.717) is 17.5 Å². The quantitative estimate of drug-likeness (QED) is 0.897. The number of hydrogen-bond donors (Lipinski definition) is 1. The van der Waals surface area contributed by atoms with Crippen LogP contribution in [0.2, 0.25) is 0 Å². The Bertz CT molecular complexity index is 467. The number of rotatable bonds is 4. The van der Waals surface area contributed by atoms with E-state index in [1.54, 1.807) is 6.07 Å². The summed E-state index contributed by atoms with van der Waals surface area (Å²) < 4.78 is 5.23. The smallest absolute Gasteiger partial charge is 0.273 e. The predicted octanol–water partition coefficient (Wildman–Crippen LogP) is 1.62. The van der Waals surface area contributed by atoms with E-state index >= 15 is 0 Å².